The Kier molecular flexibility index (Phi) is 3.97. The van der Waals surface area contributed by atoms with Crippen LogP contribution in [0.15, 0.2) is 0 Å². The number of amides is 1. The van der Waals surface area contributed by atoms with Crippen molar-refractivity contribution in [1.82, 2.24) is 16.0 Å². The van der Waals surface area contributed by atoms with Gasteiger partial charge in [-0.3, -0.25) is 4.79 Å². The Morgan fingerprint density at radius 1 is 0.933 bits per heavy atom. The van der Waals surface area contributed by atoms with Crippen molar-refractivity contribution in [3.8, 4) is 0 Å². The van der Waals surface area contributed by atoms with Gasteiger partial charge in [0.15, 0.2) is 0 Å². The molecule has 2 aliphatic heterocycles. The second-order valence-corrected chi connectivity index (χ2v) is 4.56. The molecule has 4 heteroatoms. The third-order valence-corrected chi connectivity index (χ3v) is 3.40. The molecule has 0 aromatic carbocycles. The molecule has 2 aliphatic rings. The van der Waals surface area contributed by atoms with Gasteiger partial charge in [0.25, 0.3) is 0 Å². The summed E-state index contributed by atoms with van der Waals surface area (Å²) >= 11 is 0. The molecule has 2 heterocycles. The summed E-state index contributed by atoms with van der Waals surface area (Å²) in [6, 6.07) is 0.411. The van der Waals surface area contributed by atoms with E-state index in [0.29, 0.717) is 6.04 Å². The van der Waals surface area contributed by atoms with E-state index in [1.807, 2.05) is 0 Å². The summed E-state index contributed by atoms with van der Waals surface area (Å²) in [7, 11) is 0. The zero-order valence-electron chi connectivity index (χ0n) is 9.22. The molecule has 0 aliphatic carbocycles. The molecule has 2 fully saturated rings. The molecule has 0 saturated carbocycles. The van der Waals surface area contributed by atoms with E-state index < -0.39 is 0 Å². The van der Waals surface area contributed by atoms with E-state index in [2.05, 4.69) is 16.0 Å². The highest BCUT2D eigenvalue weighted by molar-refractivity contribution is 5.79. The van der Waals surface area contributed by atoms with Crippen LogP contribution in [-0.2, 0) is 4.79 Å². The number of piperidine rings is 2. The zero-order valence-corrected chi connectivity index (χ0v) is 9.22. The third kappa shape index (κ3) is 3.18. The first-order chi connectivity index (χ1) is 7.36. The van der Waals surface area contributed by atoms with Crippen LogP contribution in [0, 0.1) is 5.92 Å². The van der Waals surface area contributed by atoms with Crippen LogP contribution < -0.4 is 16.0 Å². The predicted octanol–water partition coefficient (Wildman–Crippen LogP) is -0.146. The Morgan fingerprint density at radius 2 is 1.47 bits per heavy atom. The molecule has 2 saturated heterocycles. The molecule has 0 atom stereocenters. The average molecular weight is 211 g/mol. The van der Waals surface area contributed by atoms with Crippen molar-refractivity contribution >= 4 is 5.91 Å². The Morgan fingerprint density at radius 3 is 2.07 bits per heavy atom. The summed E-state index contributed by atoms with van der Waals surface area (Å²) in [6.45, 7) is 4.06. The lowest BCUT2D eigenvalue weighted by molar-refractivity contribution is -0.126. The van der Waals surface area contributed by atoms with Gasteiger partial charge in [-0.25, -0.2) is 0 Å². The summed E-state index contributed by atoms with van der Waals surface area (Å²) in [6.07, 6.45) is 4.15. The molecule has 0 bridgehead atoms. The number of hydrogen-bond acceptors (Lipinski definition) is 3. The predicted molar refractivity (Wildman–Crippen MR) is 59.6 cm³/mol. The van der Waals surface area contributed by atoms with Crippen LogP contribution in [0.3, 0.4) is 0 Å². The highest BCUT2D eigenvalue weighted by Gasteiger charge is 2.23. The van der Waals surface area contributed by atoms with E-state index in [4.69, 9.17) is 0 Å². The summed E-state index contributed by atoms with van der Waals surface area (Å²) < 4.78 is 0. The van der Waals surface area contributed by atoms with Gasteiger partial charge in [-0.1, -0.05) is 0 Å². The maximum atomic E-state index is 11.9. The minimum atomic E-state index is 0.251. The van der Waals surface area contributed by atoms with E-state index in [0.717, 1.165) is 51.9 Å². The largest absolute Gasteiger partial charge is 0.353 e. The Hall–Kier alpha value is -0.610. The summed E-state index contributed by atoms with van der Waals surface area (Å²) in [5.41, 5.74) is 0. The normalized spacial score (nSPS) is 25.1. The average Bonchev–Trinajstić information content (AvgIpc) is 2.31. The Balaban J connectivity index is 1.74. The SMILES string of the molecule is O=C(NC1CCNCC1)C1CCNCC1. The van der Waals surface area contributed by atoms with Gasteiger partial charge in [0.05, 0.1) is 0 Å². The minimum Gasteiger partial charge on any atom is -0.353 e. The molecular weight excluding hydrogens is 190 g/mol. The minimum absolute atomic E-state index is 0.251. The van der Waals surface area contributed by atoms with Crippen LogP contribution in [0.4, 0.5) is 0 Å². The van der Waals surface area contributed by atoms with Crippen LogP contribution >= 0.6 is 0 Å². The first-order valence-electron chi connectivity index (χ1n) is 6.08. The molecule has 0 spiro atoms. The van der Waals surface area contributed by atoms with Crippen LogP contribution in [-0.4, -0.2) is 38.1 Å². The van der Waals surface area contributed by atoms with E-state index in [9.17, 15) is 4.79 Å². The molecule has 86 valence electrons. The van der Waals surface area contributed by atoms with Gasteiger partial charge in [0.1, 0.15) is 0 Å². The lowest BCUT2D eigenvalue weighted by Gasteiger charge is -2.27. The van der Waals surface area contributed by atoms with Crippen molar-refractivity contribution in [2.45, 2.75) is 31.7 Å². The van der Waals surface area contributed by atoms with E-state index in [1.54, 1.807) is 0 Å². The summed E-state index contributed by atoms with van der Waals surface area (Å²) in [5, 5.41) is 9.77. The van der Waals surface area contributed by atoms with E-state index in [-0.39, 0.29) is 11.8 Å². The highest BCUT2D eigenvalue weighted by atomic mass is 16.1. The molecular formula is C11H21N3O. The lowest BCUT2D eigenvalue weighted by Crippen LogP contribution is -2.46. The van der Waals surface area contributed by atoms with Gasteiger partial charge in [-0.2, -0.15) is 0 Å². The van der Waals surface area contributed by atoms with Gasteiger partial charge in [0.2, 0.25) is 5.91 Å². The molecule has 1 amide bonds. The topological polar surface area (TPSA) is 53.2 Å². The molecule has 15 heavy (non-hydrogen) atoms. The van der Waals surface area contributed by atoms with Crippen molar-refractivity contribution in [1.29, 1.82) is 0 Å². The zero-order chi connectivity index (χ0) is 10.5. The van der Waals surface area contributed by atoms with Crippen LogP contribution in [0.25, 0.3) is 0 Å². The Labute approximate surface area is 91.2 Å². The van der Waals surface area contributed by atoms with Gasteiger partial charge >= 0.3 is 0 Å². The lowest BCUT2D eigenvalue weighted by atomic mass is 9.96. The summed E-state index contributed by atoms with van der Waals surface area (Å²) in [4.78, 5) is 11.9. The monoisotopic (exact) mass is 211 g/mol. The van der Waals surface area contributed by atoms with Crippen LogP contribution in [0.1, 0.15) is 25.7 Å². The number of hydrogen-bond donors (Lipinski definition) is 3. The fraction of sp³-hybridized carbons (Fsp3) is 0.909. The molecule has 0 unspecified atom stereocenters. The number of nitrogens with one attached hydrogen (secondary N) is 3. The third-order valence-electron chi connectivity index (χ3n) is 3.40. The van der Waals surface area contributed by atoms with Crippen molar-refractivity contribution < 1.29 is 4.79 Å². The fourth-order valence-electron chi connectivity index (χ4n) is 2.37. The van der Waals surface area contributed by atoms with Crippen molar-refractivity contribution in [3.63, 3.8) is 0 Å². The van der Waals surface area contributed by atoms with Crippen molar-refractivity contribution in [2.24, 2.45) is 5.92 Å². The van der Waals surface area contributed by atoms with E-state index in [1.165, 1.54) is 0 Å². The fourth-order valence-corrected chi connectivity index (χ4v) is 2.37. The van der Waals surface area contributed by atoms with Gasteiger partial charge in [-0.05, 0) is 51.9 Å². The van der Waals surface area contributed by atoms with Gasteiger partial charge in [-0.15, -0.1) is 0 Å². The standard InChI is InChI=1S/C11H21N3O/c15-11(9-1-5-12-6-2-9)14-10-3-7-13-8-4-10/h9-10,12-13H,1-8H2,(H,14,15). The quantitative estimate of drug-likeness (QED) is 0.595. The maximum Gasteiger partial charge on any atom is 0.223 e. The smallest absolute Gasteiger partial charge is 0.223 e. The first kappa shape index (κ1) is 10.9. The molecule has 0 aromatic heterocycles. The molecule has 0 radical (unpaired) electrons. The molecule has 2 rings (SSSR count). The van der Waals surface area contributed by atoms with Gasteiger partial charge < -0.3 is 16.0 Å². The molecule has 0 aromatic rings. The first-order valence-corrected chi connectivity index (χ1v) is 6.08. The summed E-state index contributed by atoms with van der Waals surface area (Å²) in [5.74, 6) is 0.532. The maximum absolute atomic E-state index is 11.9. The second kappa shape index (κ2) is 5.47. The number of carbonyl (C=O) groups excluding carboxylic acids is 1. The number of rotatable bonds is 2. The van der Waals surface area contributed by atoms with Crippen molar-refractivity contribution in [3.05, 3.63) is 0 Å². The molecule has 4 nitrogen and oxygen atoms in total. The second-order valence-electron chi connectivity index (χ2n) is 4.56. The van der Waals surface area contributed by atoms with Crippen LogP contribution in [0.5, 0.6) is 0 Å². The Bertz CT molecular complexity index is 208. The van der Waals surface area contributed by atoms with E-state index >= 15 is 0 Å². The number of carbonyl (C=O) groups is 1. The van der Waals surface area contributed by atoms with Crippen molar-refractivity contribution in [2.75, 3.05) is 26.2 Å². The van der Waals surface area contributed by atoms with Crippen LogP contribution in [0.2, 0.25) is 0 Å². The van der Waals surface area contributed by atoms with Gasteiger partial charge in [0, 0.05) is 12.0 Å². The highest BCUT2D eigenvalue weighted by Crippen LogP contribution is 2.13. The molecule has 3 N–H and O–H groups in total.